The van der Waals surface area contributed by atoms with Crippen molar-refractivity contribution in [3.8, 4) is 0 Å². The van der Waals surface area contributed by atoms with E-state index in [-0.39, 0.29) is 17.7 Å². The summed E-state index contributed by atoms with van der Waals surface area (Å²) < 4.78 is 1.28. The van der Waals surface area contributed by atoms with Gasteiger partial charge < -0.3 is 4.98 Å². The lowest BCUT2D eigenvalue weighted by Crippen LogP contribution is -2.29. The van der Waals surface area contributed by atoms with Crippen molar-refractivity contribution in [2.75, 3.05) is 0 Å². The van der Waals surface area contributed by atoms with E-state index >= 15 is 0 Å². The third-order valence-electron chi connectivity index (χ3n) is 2.83. The smallest absolute Gasteiger partial charge is 0.314 e. The molecule has 0 aliphatic carbocycles. The highest BCUT2D eigenvalue weighted by Crippen LogP contribution is 2.01. The largest absolute Gasteiger partial charge is 0.325 e. The number of aromatic nitrogens is 5. The zero-order valence-electron chi connectivity index (χ0n) is 10.2. The molecule has 8 nitrogen and oxygen atoms in total. The first-order valence-corrected chi connectivity index (χ1v) is 5.76. The molecule has 8 heteroatoms. The highest BCUT2D eigenvalue weighted by molar-refractivity contribution is 5.72. The van der Waals surface area contributed by atoms with Gasteiger partial charge in [-0.3, -0.25) is 19.1 Å². The molecule has 0 amide bonds. The van der Waals surface area contributed by atoms with Crippen LogP contribution in [0.4, 0.5) is 0 Å². The molecule has 100 valence electrons. The van der Waals surface area contributed by atoms with E-state index < -0.39 is 11.2 Å². The second-order valence-corrected chi connectivity index (χ2v) is 4.15. The van der Waals surface area contributed by atoms with Crippen molar-refractivity contribution in [1.29, 1.82) is 0 Å². The van der Waals surface area contributed by atoms with Gasteiger partial charge >= 0.3 is 5.69 Å². The summed E-state index contributed by atoms with van der Waals surface area (Å²) in [5.74, 6) is 0. The molecular weight excluding hydrogens is 262 g/mol. The number of nitrogens with one attached hydrogen (secondary N) is 2. The molecule has 0 aliphatic heterocycles. The number of fused-ring (bicyclic) bond motifs is 1. The molecule has 2 N–H and O–H groups in total. The van der Waals surface area contributed by atoms with Gasteiger partial charge in [-0.15, -0.1) is 0 Å². The van der Waals surface area contributed by atoms with Crippen LogP contribution in [-0.2, 0) is 6.54 Å². The van der Waals surface area contributed by atoms with Crippen LogP contribution in [0.1, 0.15) is 5.56 Å². The SMILES string of the molecule is O=c1[nH]cc(Cn2cnc3ncccc3c2=O)c(=O)[nH]1. The number of nitrogens with zero attached hydrogens (tertiary/aromatic N) is 3. The van der Waals surface area contributed by atoms with E-state index in [0.29, 0.717) is 11.0 Å². The molecule has 3 rings (SSSR count). The number of hydrogen-bond donors (Lipinski definition) is 2. The maximum absolute atomic E-state index is 12.2. The monoisotopic (exact) mass is 271 g/mol. The Morgan fingerprint density at radius 1 is 1.20 bits per heavy atom. The minimum absolute atomic E-state index is 0.0166. The van der Waals surface area contributed by atoms with E-state index in [1.807, 2.05) is 0 Å². The quantitative estimate of drug-likeness (QED) is 0.634. The maximum atomic E-state index is 12.2. The van der Waals surface area contributed by atoms with Crippen LogP contribution in [0.2, 0.25) is 0 Å². The summed E-state index contributed by atoms with van der Waals surface area (Å²) in [6.07, 6.45) is 4.15. The summed E-state index contributed by atoms with van der Waals surface area (Å²) in [7, 11) is 0. The Bertz CT molecular complexity index is 953. The topological polar surface area (TPSA) is 114 Å². The first-order chi connectivity index (χ1) is 9.65. The fourth-order valence-corrected chi connectivity index (χ4v) is 1.85. The number of aromatic amines is 2. The first kappa shape index (κ1) is 12.0. The zero-order valence-corrected chi connectivity index (χ0v) is 10.2. The lowest BCUT2D eigenvalue weighted by Gasteiger charge is -2.05. The van der Waals surface area contributed by atoms with Crippen LogP contribution in [-0.4, -0.2) is 24.5 Å². The Labute approximate surface area is 110 Å². The van der Waals surface area contributed by atoms with Crippen LogP contribution in [0, 0.1) is 0 Å². The molecule has 0 bridgehead atoms. The molecule has 0 saturated carbocycles. The van der Waals surface area contributed by atoms with Gasteiger partial charge in [-0.05, 0) is 12.1 Å². The Hall–Kier alpha value is -3.03. The van der Waals surface area contributed by atoms with Crippen LogP contribution in [0.15, 0.2) is 45.2 Å². The molecule has 0 atom stereocenters. The number of pyridine rings is 1. The van der Waals surface area contributed by atoms with Gasteiger partial charge in [0.2, 0.25) is 0 Å². The molecule has 0 saturated heterocycles. The van der Waals surface area contributed by atoms with Crippen molar-refractivity contribution in [3.05, 3.63) is 67.6 Å². The Morgan fingerprint density at radius 3 is 2.85 bits per heavy atom. The van der Waals surface area contributed by atoms with Gasteiger partial charge in [-0.25, -0.2) is 14.8 Å². The first-order valence-electron chi connectivity index (χ1n) is 5.76. The molecular formula is C12H9N5O3. The molecule has 0 spiro atoms. The Balaban J connectivity index is 2.11. The number of hydrogen-bond acceptors (Lipinski definition) is 5. The highest BCUT2D eigenvalue weighted by Gasteiger charge is 2.07. The normalized spacial score (nSPS) is 10.8. The fourth-order valence-electron chi connectivity index (χ4n) is 1.85. The summed E-state index contributed by atoms with van der Waals surface area (Å²) in [5.41, 5.74) is -0.812. The van der Waals surface area contributed by atoms with Crippen LogP contribution in [0.25, 0.3) is 11.0 Å². The summed E-state index contributed by atoms with van der Waals surface area (Å²) in [6, 6.07) is 3.26. The van der Waals surface area contributed by atoms with Crippen molar-refractivity contribution in [3.63, 3.8) is 0 Å². The zero-order chi connectivity index (χ0) is 14.1. The minimum Gasteiger partial charge on any atom is -0.314 e. The van der Waals surface area contributed by atoms with E-state index in [1.165, 1.54) is 17.1 Å². The Morgan fingerprint density at radius 2 is 2.05 bits per heavy atom. The average molecular weight is 271 g/mol. The predicted octanol–water partition coefficient (Wildman–Crippen LogP) is -0.784. The third-order valence-corrected chi connectivity index (χ3v) is 2.83. The van der Waals surface area contributed by atoms with Crippen LogP contribution in [0.5, 0.6) is 0 Å². The van der Waals surface area contributed by atoms with E-state index in [9.17, 15) is 14.4 Å². The number of H-pyrrole nitrogens is 2. The molecule has 0 aliphatic rings. The molecule has 3 heterocycles. The van der Waals surface area contributed by atoms with E-state index in [2.05, 4.69) is 19.9 Å². The van der Waals surface area contributed by atoms with Gasteiger partial charge in [0.1, 0.15) is 6.33 Å². The lowest BCUT2D eigenvalue weighted by molar-refractivity contribution is 0.731. The molecule has 20 heavy (non-hydrogen) atoms. The molecule has 3 aromatic rings. The average Bonchev–Trinajstić information content (AvgIpc) is 2.45. The highest BCUT2D eigenvalue weighted by atomic mass is 16.2. The standard InChI is InChI=1S/C12H9N5O3/c18-10-7(4-14-12(20)16-10)5-17-6-15-9-8(11(17)19)2-1-3-13-9/h1-4,6H,5H2,(H2,14,16,18,20). The summed E-state index contributed by atoms with van der Waals surface area (Å²) >= 11 is 0. The van der Waals surface area contributed by atoms with E-state index in [1.54, 1.807) is 18.3 Å². The second kappa shape index (κ2) is 4.57. The van der Waals surface area contributed by atoms with E-state index in [0.717, 1.165) is 0 Å². The molecule has 3 aromatic heterocycles. The molecule has 0 radical (unpaired) electrons. The van der Waals surface area contributed by atoms with Crippen molar-refractivity contribution in [2.45, 2.75) is 6.54 Å². The predicted molar refractivity (Wildman–Crippen MR) is 70.6 cm³/mol. The number of rotatable bonds is 2. The van der Waals surface area contributed by atoms with Crippen LogP contribution in [0.3, 0.4) is 0 Å². The van der Waals surface area contributed by atoms with Gasteiger partial charge in [-0.1, -0.05) is 0 Å². The van der Waals surface area contributed by atoms with Crippen molar-refractivity contribution in [2.24, 2.45) is 0 Å². The van der Waals surface area contributed by atoms with Crippen molar-refractivity contribution in [1.82, 2.24) is 24.5 Å². The molecule has 0 fully saturated rings. The van der Waals surface area contributed by atoms with Crippen molar-refractivity contribution < 1.29 is 0 Å². The Kier molecular flexibility index (Phi) is 2.75. The van der Waals surface area contributed by atoms with Crippen LogP contribution >= 0.6 is 0 Å². The fraction of sp³-hybridized carbons (Fsp3) is 0.0833. The van der Waals surface area contributed by atoms with Crippen LogP contribution < -0.4 is 16.8 Å². The minimum atomic E-state index is -0.591. The molecule has 0 aromatic carbocycles. The van der Waals surface area contributed by atoms with Gasteiger partial charge in [0.15, 0.2) is 5.65 Å². The van der Waals surface area contributed by atoms with Gasteiger partial charge in [-0.2, -0.15) is 0 Å². The second-order valence-electron chi connectivity index (χ2n) is 4.15. The lowest BCUT2D eigenvalue weighted by atomic mass is 10.3. The van der Waals surface area contributed by atoms with Gasteiger partial charge in [0, 0.05) is 12.4 Å². The van der Waals surface area contributed by atoms with Gasteiger partial charge in [0.05, 0.1) is 17.5 Å². The van der Waals surface area contributed by atoms with E-state index in [4.69, 9.17) is 0 Å². The summed E-state index contributed by atoms with van der Waals surface area (Å²) in [5, 5.41) is 0.371. The summed E-state index contributed by atoms with van der Waals surface area (Å²) in [4.78, 5) is 47.2. The maximum Gasteiger partial charge on any atom is 0.325 e. The van der Waals surface area contributed by atoms with Gasteiger partial charge in [0.25, 0.3) is 11.1 Å². The molecule has 0 unspecified atom stereocenters. The van der Waals surface area contributed by atoms with Crippen molar-refractivity contribution >= 4 is 11.0 Å². The summed E-state index contributed by atoms with van der Waals surface area (Å²) in [6.45, 7) is 0.0166. The third kappa shape index (κ3) is 2.03.